The third-order valence-corrected chi connectivity index (χ3v) is 6.39. The molecule has 0 saturated heterocycles. The summed E-state index contributed by atoms with van der Waals surface area (Å²) >= 11 is 0. The molecule has 0 aliphatic rings. The number of hydrogen-bond acceptors (Lipinski definition) is 6. The highest BCUT2D eigenvalue weighted by molar-refractivity contribution is 7.89. The van der Waals surface area contributed by atoms with Crippen molar-refractivity contribution < 1.29 is 23.0 Å². The number of hydrogen-bond donors (Lipinski definition) is 3. The second-order valence-corrected chi connectivity index (χ2v) is 8.68. The highest BCUT2D eigenvalue weighted by Gasteiger charge is 2.20. The Bertz CT molecular complexity index is 1090. The third kappa shape index (κ3) is 4.76. The Labute approximate surface area is 170 Å². The van der Waals surface area contributed by atoms with Crippen molar-refractivity contribution in [3.63, 3.8) is 0 Å². The van der Waals surface area contributed by atoms with Gasteiger partial charge in [-0.2, -0.15) is 0 Å². The monoisotopic (exact) mass is 414 g/mol. The molecule has 0 atom stereocenters. The molecule has 152 valence electrons. The van der Waals surface area contributed by atoms with Crippen molar-refractivity contribution in [2.24, 2.45) is 0 Å². The van der Waals surface area contributed by atoms with Crippen molar-refractivity contribution >= 4 is 22.6 Å². The van der Waals surface area contributed by atoms with Crippen LogP contribution in [0.5, 0.6) is 0 Å². The summed E-state index contributed by atoms with van der Waals surface area (Å²) in [5, 5.41) is 22.2. The van der Waals surface area contributed by atoms with Crippen LogP contribution in [0.3, 0.4) is 0 Å². The molecular formula is C20H23BN2O5S. The van der Waals surface area contributed by atoms with Gasteiger partial charge in [0.2, 0.25) is 10.0 Å². The Morgan fingerprint density at radius 2 is 1.76 bits per heavy atom. The molecule has 0 spiro atoms. The number of sulfonamides is 1. The minimum atomic E-state index is -3.70. The van der Waals surface area contributed by atoms with E-state index >= 15 is 0 Å². The van der Waals surface area contributed by atoms with Crippen LogP contribution in [-0.4, -0.2) is 37.3 Å². The lowest BCUT2D eigenvalue weighted by Gasteiger charge is -2.11. The van der Waals surface area contributed by atoms with E-state index in [-0.39, 0.29) is 11.4 Å². The summed E-state index contributed by atoms with van der Waals surface area (Å²) in [5.74, 6) is 0.638. The van der Waals surface area contributed by atoms with Crippen LogP contribution in [-0.2, 0) is 16.4 Å². The van der Waals surface area contributed by atoms with Gasteiger partial charge in [-0.25, -0.2) is 13.1 Å². The third-order valence-electron chi connectivity index (χ3n) is 4.78. The van der Waals surface area contributed by atoms with Crippen LogP contribution < -0.4 is 10.2 Å². The fraction of sp³-hybridized carbons (Fsp3) is 0.250. The largest absolute Gasteiger partial charge is 0.488 e. The van der Waals surface area contributed by atoms with E-state index in [1.54, 1.807) is 50.2 Å². The number of benzene rings is 2. The average molecular weight is 414 g/mol. The molecule has 0 amide bonds. The Kier molecular flexibility index (Phi) is 6.23. The molecule has 29 heavy (non-hydrogen) atoms. The van der Waals surface area contributed by atoms with Crippen molar-refractivity contribution in [1.29, 1.82) is 0 Å². The molecule has 0 fully saturated rings. The van der Waals surface area contributed by atoms with Crippen LogP contribution in [0.2, 0.25) is 0 Å². The van der Waals surface area contributed by atoms with Crippen molar-refractivity contribution in [2.75, 3.05) is 6.54 Å². The molecule has 3 N–H and O–H groups in total. The maximum atomic E-state index is 12.9. The van der Waals surface area contributed by atoms with Gasteiger partial charge in [0.15, 0.2) is 0 Å². The minimum Gasteiger partial charge on any atom is -0.423 e. The Balaban J connectivity index is 1.76. The predicted molar refractivity (Wildman–Crippen MR) is 111 cm³/mol. The van der Waals surface area contributed by atoms with Gasteiger partial charge >= 0.3 is 7.12 Å². The Morgan fingerprint density at radius 3 is 2.34 bits per heavy atom. The standard InChI is InChI=1S/C20H23BN2O5S/c1-13-4-7-17(20-14(2)23-28-15(20)3)12-19(13)29(26,27)22-11-10-16-5-8-18(9-6-16)21(24)25/h4-9,12,22,24-25H,10-11H2,1-3H3. The zero-order valence-corrected chi connectivity index (χ0v) is 17.3. The lowest BCUT2D eigenvalue weighted by molar-refractivity contribution is 0.393. The van der Waals surface area contributed by atoms with Gasteiger partial charge in [0.25, 0.3) is 0 Å². The molecule has 0 saturated carbocycles. The molecule has 0 aliphatic heterocycles. The lowest BCUT2D eigenvalue weighted by atomic mass is 9.80. The molecule has 0 unspecified atom stereocenters. The van der Waals surface area contributed by atoms with E-state index in [0.29, 0.717) is 28.9 Å². The first-order valence-corrected chi connectivity index (χ1v) is 10.7. The summed E-state index contributed by atoms with van der Waals surface area (Å²) in [7, 11) is -5.22. The van der Waals surface area contributed by atoms with Gasteiger partial charge in [-0.05, 0) is 55.4 Å². The number of nitrogens with one attached hydrogen (secondary N) is 1. The number of aryl methyl sites for hydroxylation is 3. The summed E-state index contributed by atoms with van der Waals surface area (Å²) in [5.41, 5.74) is 4.17. The van der Waals surface area contributed by atoms with Gasteiger partial charge < -0.3 is 14.6 Å². The van der Waals surface area contributed by atoms with Crippen LogP contribution in [0.25, 0.3) is 11.1 Å². The van der Waals surface area contributed by atoms with Crippen molar-refractivity contribution in [3.05, 3.63) is 65.0 Å². The first-order chi connectivity index (χ1) is 13.7. The van der Waals surface area contributed by atoms with E-state index in [1.807, 2.05) is 13.0 Å². The maximum absolute atomic E-state index is 12.9. The number of aromatic nitrogens is 1. The topological polar surface area (TPSA) is 113 Å². The van der Waals surface area contributed by atoms with Crippen LogP contribution in [0.4, 0.5) is 0 Å². The van der Waals surface area contributed by atoms with E-state index in [4.69, 9.17) is 14.6 Å². The van der Waals surface area contributed by atoms with E-state index in [1.165, 1.54) is 0 Å². The van der Waals surface area contributed by atoms with E-state index in [2.05, 4.69) is 9.88 Å². The molecule has 0 aliphatic carbocycles. The molecule has 0 radical (unpaired) electrons. The zero-order valence-electron chi connectivity index (χ0n) is 16.5. The second-order valence-electron chi connectivity index (χ2n) is 6.94. The summed E-state index contributed by atoms with van der Waals surface area (Å²) in [6.07, 6.45) is 0.476. The normalized spacial score (nSPS) is 11.6. The smallest absolute Gasteiger partial charge is 0.423 e. The summed E-state index contributed by atoms with van der Waals surface area (Å²) in [4.78, 5) is 0.216. The fourth-order valence-corrected chi connectivity index (χ4v) is 4.50. The van der Waals surface area contributed by atoms with Crippen LogP contribution >= 0.6 is 0 Å². The molecule has 1 aromatic heterocycles. The van der Waals surface area contributed by atoms with Crippen molar-refractivity contribution in [2.45, 2.75) is 32.1 Å². The number of rotatable bonds is 7. The van der Waals surface area contributed by atoms with E-state index in [0.717, 1.165) is 16.7 Å². The first kappa shape index (κ1) is 21.3. The van der Waals surface area contributed by atoms with Gasteiger partial charge in [-0.3, -0.25) is 0 Å². The fourth-order valence-electron chi connectivity index (χ4n) is 3.20. The molecule has 3 aromatic rings. The summed E-state index contributed by atoms with van der Waals surface area (Å²) in [6.45, 7) is 5.59. The SMILES string of the molecule is Cc1ccc(-c2c(C)noc2C)cc1S(=O)(=O)NCCc1ccc(B(O)O)cc1. The molecular weight excluding hydrogens is 391 g/mol. The van der Waals surface area contributed by atoms with Gasteiger partial charge in [0.05, 0.1) is 10.6 Å². The number of nitrogens with zero attached hydrogens (tertiary/aromatic N) is 1. The van der Waals surface area contributed by atoms with Crippen LogP contribution in [0, 0.1) is 20.8 Å². The maximum Gasteiger partial charge on any atom is 0.488 e. The zero-order chi connectivity index (χ0) is 21.2. The highest BCUT2D eigenvalue weighted by atomic mass is 32.2. The molecule has 0 bridgehead atoms. The van der Waals surface area contributed by atoms with Crippen molar-refractivity contribution in [1.82, 2.24) is 9.88 Å². The quantitative estimate of drug-likeness (QED) is 0.505. The predicted octanol–water partition coefficient (Wildman–Crippen LogP) is 1.47. The molecule has 3 rings (SSSR count). The summed E-state index contributed by atoms with van der Waals surface area (Å²) in [6, 6.07) is 12.0. The second kappa shape index (κ2) is 8.50. The Morgan fingerprint density at radius 1 is 1.07 bits per heavy atom. The van der Waals surface area contributed by atoms with Gasteiger partial charge in [0, 0.05) is 12.1 Å². The van der Waals surface area contributed by atoms with Gasteiger partial charge in [0.1, 0.15) is 5.76 Å². The molecule has 1 heterocycles. The molecule has 9 heteroatoms. The lowest BCUT2D eigenvalue weighted by Crippen LogP contribution is -2.29. The Hall–Kier alpha value is -2.46. The van der Waals surface area contributed by atoms with Gasteiger partial charge in [-0.15, -0.1) is 0 Å². The van der Waals surface area contributed by atoms with Crippen LogP contribution in [0.1, 0.15) is 22.6 Å². The van der Waals surface area contributed by atoms with Crippen LogP contribution in [0.15, 0.2) is 51.9 Å². The van der Waals surface area contributed by atoms with E-state index < -0.39 is 17.1 Å². The van der Waals surface area contributed by atoms with E-state index in [9.17, 15) is 8.42 Å². The molecule has 2 aromatic carbocycles. The van der Waals surface area contributed by atoms with Crippen molar-refractivity contribution in [3.8, 4) is 11.1 Å². The first-order valence-electron chi connectivity index (χ1n) is 9.17. The highest BCUT2D eigenvalue weighted by Crippen LogP contribution is 2.30. The molecule has 7 nitrogen and oxygen atoms in total. The summed E-state index contributed by atoms with van der Waals surface area (Å²) < 4.78 is 33.6. The average Bonchev–Trinajstić information content (AvgIpc) is 3.01. The van der Waals surface area contributed by atoms with Gasteiger partial charge in [-0.1, -0.05) is 41.6 Å². The minimum absolute atomic E-state index is 0.216.